The SMILES string of the molecule is CCN(Cc1ccc(F)cc1)C1(CN)CCCCCC1. The molecule has 1 aliphatic carbocycles. The molecular formula is C17H27FN2. The van der Waals surface area contributed by atoms with Crippen molar-refractivity contribution in [2.75, 3.05) is 13.1 Å². The highest BCUT2D eigenvalue weighted by Gasteiger charge is 2.34. The molecule has 1 fully saturated rings. The van der Waals surface area contributed by atoms with Crippen LogP contribution in [0.2, 0.25) is 0 Å². The molecular weight excluding hydrogens is 251 g/mol. The minimum absolute atomic E-state index is 0.139. The molecule has 0 heterocycles. The van der Waals surface area contributed by atoms with E-state index in [1.54, 1.807) is 12.1 Å². The van der Waals surface area contributed by atoms with Gasteiger partial charge in [-0.25, -0.2) is 4.39 Å². The van der Waals surface area contributed by atoms with Gasteiger partial charge in [-0.2, -0.15) is 0 Å². The number of hydrogen-bond acceptors (Lipinski definition) is 2. The van der Waals surface area contributed by atoms with Crippen LogP contribution in [0.15, 0.2) is 24.3 Å². The summed E-state index contributed by atoms with van der Waals surface area (Å²) in [4.78, 5) is 2.51. The maximum absolute atomic E-state index is 13.0. The summed E-state index contributed by atoms with van der Waals surface area (Å²) in [5.41, 5.74) is 7.47. The lowest BCUT2D eigenvalue weighted by Gasteiger charge is -2.43. The summed E-state index contributed by atoms with van der Waals surface area (Å²) in [5.74, 6) is -0.167. The standard InChI is InChI=1S/C17H27FN2/c1-2-20(13-15-7-9-16(18)10-8-15)17(14-19)11-5-3-4-6-12-17/h7-10H,2-6,11-14,19H2,1H3. The normalized spacial score (nSPS) is 19.0. The number of hydrogen-bond donors (Lipinski definition) is 1. The Morgan fingerprint density at radius 2 is 1.70 bits per heavy atom. The molecule has 0 aliphatic heterocycles. The number of nitrogens with zero attached hydrogens (tertiary/aromatic N) is 1. The maximum Gasteiger partial charge on any atom is 0.123 e. The molecule has 3 heteroatoms. The molecule has 0 atom stereocenters. The molecule has 2 rings (SSSR count). The van der Waals surface area contributed by atoms with E-state index in [2.05, 4.69) is 11.8 Å². The molecule has 1 saturated carbocycles. The number of halogens is 1. The van der Waals surface area contributed by atoms with Crippen molar-refractivity contribution < 1.29 is 4.39 Å². The summed E-state index contributed by atoms with van der Waals surface area (Å²) in [6.45, 7) is 4.79. The van der Waals surface area contributed by atoms with Gasteiger partial charge in [0.1, 0.15) is 5.82 Å². The van der Waals surface area contributed by atoms with Crippen LogP contribution in [0.25, 0.3) is 0 Å². The second-order valence-electron chi connectivity index (χ2n) is 5.98. The van der Waals surface area contributed by atoms with Crippen molar-refractivity contribution in [1.82, 2.24) is 4.90 Å². The fraction of sp³-hybridized carbons (Fsp3) is 0.647. The van der Waals surface area contributed by atoms with Crippen molar-refractivity contribution in [2.24, 2.45) is 5.73 Å². The van der Waals surface area contributed by atoms with E-state index in [1.807, 2.05) is 12.1 Å². The zero-order chi connectivity index (χ0) is 14.4. The van der Waals surface area contributed by atoms with Crippen LogP contribution in [0.4, 0.5) is 4.39 Å². The van der Waals surface area contributed by atoms with Crippen LogP contribution in [0.3, 0.4) is 0 Å². The molecule has 0 bridgehead atoms. The quantitative estimate of drug-likeness (QED) is 0.832. The molecule has 112 valence electrons. The molecule has 0 spiro atoms. The Morgan fingerprint density at radius 3 is 2.20 bits per heavy atom. The van der Waals surface area contributed by atoms with Gasteiger partial charge in [0, 0.05) is 18.6 Å². The third kappa shape index (κ3) is 3.58. The van der Waals surface area contributed by atoms with Gasteiger partial charge in [0.05, 0.1) is 0 Å². The van der Waals surface area contributed by atoms with Gasteiger partial charge in [0.2, 0.25) is 0 Å². The Balaban J connectivity index is 2.13. The lowest BCUT2D eigenvalue weighted by Crippen LogP contribution is -2.53. The number of benzene rings is 1. The van der Waals surface area contributed by atoms with Crippen LogP contribution < -0.4 is 5.73 Å². The molecule has 20 heavy (non-hydrogen) atoms. The minimum atomic E-state index is -0.167. The first-order valence-corrected chi connectivity index (χ1v) is 7.90. The molecule has 0 amide bonds. The third-order valence-corrected chi connectivity index (χ3v) is 4.75. The fourth-order valence-electron chi connectivity index (χ4n) is 3.46. The van der Waals surface area contributed by atoms with Crippen molar-refractivity contribution in [2.45, 2.75) is 57.5 Å². The average molecular weight is 278 g/mol. The van der Waals surface area contributed by atoms with Crippen LogP contribution in [-0.4, -0.2) is 23.5 Å². The van der Waals surface area contributed by atoms with Gasteiger partial charge < -0.3 is 5.73 Å². The van der Waals surface area contributed by atoms with Crippen molar-refractivity contribution >= 4 is 0 Å². The molecule has 2 N–H and O–H groups in total. The van der Waals surface area contributed by atoms with E-state index in [1.165, 1.54) is 44.1 Å². The van der Waals surface area contributed by atoms with E-state index in [4.69, 9.17) is 5.73 Å². The molecule has 1 aromatic rings. The second kappa shape index (κ2) is 7.19. The molecule has 0 unspecified atom stereocenters. The summed E-state index contributed by atoms with van der Waals surface area (Å²) in [6, 6.07) is 6.87. The van der Waals surface area contributed by atoms with Crippen molar-refractivity contribution in [3.63, 3.8) is 0 Å². The molecule has 0 radical (unpaired) electrons. The molecule has 0 aromatic heterocycles. The van der Waals surface area contributed by atoms with E-state index in [9.17, 15) is 4.39 Å². The fourth-order valence-corrected chi connectivity index (χ4v) is 3.46. The first kappa shape index (κ1) is 15.5. The first-order chi connectivity index (χ1) is 9.70. The van der Waals surface area contributed by atoms with Gasteiger partial charge in [-0.05, 0) is 37.1 Å². The monoisotopic (exact) mass is 278 g/mol. The van der Waals surface area contributed by atoms with Crippen LogP contribution >= 0.6 is 0 Å². The van der Waals surface area contributed by atoms with Crippen molar-refractivity contribution in [3.05, 3.63) is 35.6 Å². The lowest BCUT2D eigenvalue weighted by atomic mass is 9.87. The number of nitrogens with two attached hydrogens (primary N) is 1. The second-order valence-corrected chi connectivity index (χ2v) is 5.98. The first-order valence-electron chi connectivity index (χ1n) is 7.90. The van der Waals surface area contributed by atoms with Crippen LogP contribution in [0.1, 0.15) is 51.0 Å². The summed E-state index contributed by atoms with van der Waals surface area (Å²) < 4.78 is 13.0. The van der Waals surface area contributed by atoms with Crippen LogP contribution in [0, 0.1) is 5.82 Å². The highest BCUT2D eigenvalue weighted by Crippen LogP contribution is 2.32. The molecule has 2 nitrogen and oxygen atoms in total. The highest BCUT2D eigenvalue weighted by molar-refractivity contribution is 5.16. The Kier molecular flexibility index (Phi) is 5.55. The zero-order valence-electron chi connectivity index (χ0n) is 12.6. The Bertz CT molecular complexity index is 394. The largest absolute Gasteiger partial charge is 0.329 e. The van der Waals surface area contributed by atoms with Crippen LogP contribution in [0.5, 0.6) is 0 Å². The topological polar surface area (TPSA) is 29.3 Å². The Labute approximate surface area is 122 Å². The van der Waals surface area contributed by atoms with Crippen LogP contribution in [-0.2, 0) is 6.54 Å². The van der Waals surface area contributed by atoms with Gasteiger partial charge in [0.25, 0.3) is 0 Å². The van der Waals surface area contributed by atoms with Gasteiger partial charge in [0.15, 0.2) is 0 Å². The maximum atomic E-state index is 13.0. The minimum Gasteiger partial charge on any atom is -0.329 e. The van der Waals surface area contributed by atoms with E-state index in [0.717, 1.165) is 19.6 Å². The van der Waals surface area contributed by atoms with E-state index in [0.29, 0.717) is 0 Å². The molecule has 1 aliphatic rings. The van der Waals surface area contributed by atoms with Crippen molar-refractivity contribution in [3.8, 4) is 0 Å². The predicted molar refractivity (Wildman–Crippen MR) is 82.0 cm³/mol. The number of rotatable bonds is 5. The third-order valence-electron chi connectivity index (χ3n) is 4.75. The van der Waals surface area contributed by atoms with Gasteiger partial charge >= 0.3 is 0 Å². The van der Waals surface area contributed by atoms with Crippen molar-refractivity contribution in [1.29, 1.82) is 0 Å². The summed E-state index contributed by atoms with van der Waals surface area (Å²) >= 11 is 0. The van der Waals surface area contributed by atoms with Gasteiger partial charge in [-0.15, -0.1) is 0 Å². The zero-order valence-corrected chi connectivity index (χ0v) is 12.6. The Hall–Kier alpha value is -0.930. The summed E-state index contributed by atoms with van der Waals surface area (Å²) in [5, 5.41) is 0. The molecule has 1 aromatic carbocycles. The van der Waals surface area contributed by atoms with E-state index in [-0.39, 0.29) is 11.4 Å². The number of likely N-dealkylation sites (N-methyl/N-ethyl adjacent to an activating group) is 1. The predicted octanol–water partition coefficient (Wildman–Crippen LogP) is 3.70. The van der Waals surface area contributed by atoms with Gasteiger partial charge in [-0.1, -0.05) is 44.7 Å². The molecule has 0 saturated heterocycles. The lowest BCUT2D eigenvalue weighted by molar-refractivity contribution is 0.0756. The van der Waals surface area contributed by atoms with E-state index >= 15 is 0 Å². The average Bonchev–Trinajstić information content (AvgIpc) is 2.73. The highest BCUT2D eigenvalue weighted by atomic mass is 19.1. The Morgan fingerprint density at radius 1 is 1.10 bits per heavy atom. The summed E-state index contributed by atoms with van der Waals surface area (Å²) in [7, 11) is 0. The smallest absolute Gasteiger partial charge is 0.123 e. The summed E-state index contributed by atoms with van der Waals surface area (Å²) in [6.07, 6.45) is 7.59. The van der Waals surface area contributed by atoms with E-state index < -0.39 is 0 Å². The van der Waals surface area contributed by atoms with Gasteiger partial charge in [-0.3, -0.25) is 4.90 Å².